The van der Waals surface area contributed by atoms with Gasteiger partial charge in [-0.1, -0.05) is 48.5 Å². The highest BCUT2D eigenvalue weighted by Crippen LogP contribution is 2.28. The van der Waals surface area contributed by atoms with Crippen molar-refractivity contribution in [3.8, 4) is 0 Å². The zero-order valence-electron chi connectivity index (χ0n) is 21.7. The number of halogens is 1. The van der Waals surface area contributed by atoms with E-state index in [1.54, 1.807) is 24.3 Å². The Labute approximate surface area is 224 Å². The molecule has 1 N–H and O–H groups in total. The summed E-state index contributed by atoms with van der Waals surface area (Å²) in [4.78, 5) is 6.90. The fraction of sp³-hybridized carbons (Fsp3) is 0.267. The Morgan fingerprint density at radius 2 is 1.50 bits per heavy atom. The standard InChI is InChI=1S/C30H33FN4O2S/c1-33(2)26-14-10-24(11-15-26)29(35-20-18-34(19-21-35)27-16-12-25(31)13-17-27)22-32-38(36,37)30-9-5-7-23-6-3-4-8-28(23)30/h3-17,29,32H,18-22H2,1-2H3. The molecule has 0 aromatic heterocycles. The normalized spacial score (nSPS) is 15.5. The zero-order chi connectivity index (χ0) is 26.7. The monoisotopic (exact) mass is 532 g/mol. The summed E-state index contributed by atoms with van der Waals surface area (Å²) in [6.45, 7) is 3.31. The van der Waals surface area contributed by atoms with Crippen LogP contribution in [0.2, 0.25) is 0 Å². The van der Waals surface area contributed by atoms with E-state index in [1.807, 2.05) is 49.3 Å². The van der Waals surface area contributed by atoms with Gasteiger partial charge in [-0.2, -0.15) is 0 Å². The van der Waals surface area contributed by atoms with Gasteiger partial charge in [-0.15, -0.1) is 0 Å². The lowest BCUT2D eigenvalue weighted by Gasteiger charge is -2.40. The molecule has 1 aliphatic rings. The van der Waals surface area contributed by atoms with E-state index in [2.05, 4.69) is 38.8 Å². The zero-order valence-corrected chi connectivity index (χ0v) is 22.5. The molecule has 0 saturated carbocycles. The van der Waals surface area contributed by atoms with Crippen LogP contribution in [0.15, 0.2) is 95.9 Å². The quantitative estimate of drug-likeness (QED) is 0.350. The van der Waals surface area contributed by atoms with Crippen molar-refractivity contribution in [2.75, 3.05) is 56.6 Å². The molecule has 1 aliphatic heterocycles. The molecule has 0 amide bonds. The van der Waals surface area contributed by atoms with Crippen molar-refractivity contribution in [1.82, 2.24) is 9.62 Å². The minimum absolute atomic E-state index is 0.133. The number of rotatable bonds is 8. The summed E-state index contributed by atoms with van der Waals surface area (Å²) in [5, 5.41) is 1.60. The lowest BCUT2D eigenvalue weighted by Crippen LogP contribution is -2.49. The van der Waals surface area contributed by atoms with Gasteiger partial charge in [0, 0.05) is 69.6 Å². The number of hydrogen-bond donors (Lipinski definition) is 1. The molecule has 0 radical (unpaired) electrons. The predicted molar refractivity (Wildman–Crippen MR) is 153 cm³/mol. The van der Waals surface area contributed by atoms with Crippen molar-refractivity contribution in [1.29, 1.82) is 0 Å². The number of piperazine rings is 1. The molecule has 8 heteroatoms. The molecule has 4 aromatic carbocycles. The third-order valence-corrected chi connectivity index (χ3v) is 8.73. The highest BCUT2D eigenvalue weighted by molar-refractivity contribution is 7.89. The van der Waals surface area contributed by atoms with Gasteiger partial charge in [-0.25, -0.2) is 17.5 Å². The largest absolute Gasteiger partial charge is 0.378 e. The number of fused-ring (bicyclic) bond motifs is 1. The number of nitrogens with one attached hydrogen (secondary N) is 1. The maximum atomic E-state index is 13.5. The first-order chi connectivity index (χ1) is 18.3. The van der Waals surface area contributed by atoms with Crippen LogP contribution < -0.4 is 14.5 Å². The Bertz CT molecular complexity index is 1480. The predicted octanol–water partition coefficient (Wildman–Crippen LogP) is 4.89. The second kappa shape index (κ2) is 11.1. The number of nitrogens with zero attached hydrogens (tertiary/aromatic N) is 3. The fourth-order valence-corrected chi connectivity index (χ4v) is 6.36. The highest BCUT2D eigenvalue weighted by Gasteiger charge is 2.27. The molecular formula is C30H33FN4O2S. The van der Waals surface area contributed by atoms with Crippen LogP contribution in [0.25, 0.3) is 10.8 Å². The topological polar surface area (TPSA) is 55.9 Å². The van der Waals surface area contributed by atoms with Gasteiger partial charge in [0.15, 0.2) is 0 Å². The second-order valence-electron chi connectivity index (χ2n) is 9.83. The van der Waals surface area contributed by atoms with Gasteiger partial charge in [-0.3, -0.25) is 4.90 Å². The van der Waals surface area contributed by atoms with E-state index in [0.717, 1.165) is 48.5 Å². The molecule has 0 bridgehead atoms. The molecule has 198 valence electrons. The third kappa shape index (κ3) is 5.67. The van der Waals surface area contributed by atoms with Crippen molar-refractivity contribution < 1.29 is 12.8 Å². The van der Waals surface area contributed by atoms with E-state index < -0.39 is 10.0 Å². The van der Waals surface area contributed by atoms with Crippen LogP contribution in [0.5, 0.6) is 0 Å². The van der Waals surface area contributed by atoms with Gasteiger partial charge in [0.2, 0.25) is 10.0 Å². The molecule has 1 saturated heterocycles. The number of hydrogen-bond acceptors (Lipinski definition) is 5. The molecule has 1 heterocycles. The Hall–Kier alpha value is -3.46. The van der Waals surface area contributed by atoms with Crippen LogP contribution >= 0.6 is 0 Å². The molecule has 4 aromatic rings. The van der Waals surface area contributed by atoms with E-state index in [0.29, 0.717) is 10.3 Å². The molecule has 38 heavy (non-hydrogen) atoms. The van der Waals surface area contributed by atoms with Crippen LogP contribution in [-0.4, -0.2) is 60.1 Å². The number of benzene rings is 4. The molecular weight excluding hydrogens is 499 g/mol. The minimum atomic E-state index is -3.74. The van der Waals surface area contributed by atoms with E-state index in [9.17, 15) is 12.8 Å². The SMILES string of the molecule is CN(C)c1ccc(C(CNS(=O)(=O)c2cccc3ccccc23)N2CCN(c3ccc(F)cc3)CC2)cc1. The molecule has 5 rings (SSSR count). The Morgan fingerprint density at radius 3 is 2.18 bits per heavy atom. The average molecular weight is 533 g/mol. The molecule has 0 aliphatic carbocycles. The maximum absolute atomic E-state index is 13.5. The second-order valence-corrected chi connectivity index (χ2v) is 11.6. The Balaban J connectivity index is 1.37. The maximum Gasteiger partial charge on any atom is 0.241 e. The number of anilines is 2. The first-order valence-electron chi connectivity index (χ1n) is 12.8. The van der Waals surface area contributed by atoms with E-state index >= 15 is 0 Å². The molecule has 1 fully saturated rings. The molecule has 1 atom stereocenters. The Kier molecular flexibility index (Phi) is 7.65. The lowest BCUT2D eigenvalue weighted by atomic mass is 10.0. The van der Waals surface area contributed by atoms with Gasteiger partial charge in [0.05, 0.1) is 4.90 Å². The van der Waals surface area contributed by atoms with Crippen LogP contribution in [0.4, 0.5) is 15.8 Å². The van der Waals surface area contributed by atoms with Gasteiger partial charge in [0.25, 0.3) is 0 Å². The lowest BCUT2D eigenvalue weighted by molar-refractivity contribution is 0.187. The summed E-state index contributed by atoms with van der Waals surface area (Å²) in [7, 11) is 0.260. The van der Waals surface area contributed by atoms with E-state index in [-0.39, 0.29) is 18.4 Å². The molecule has 0 spiro atoms. The summed E-state index contributed by atoms with van der Waals surface area (Å²) >= 11 is 0. The van der Waals surface area contributed by atoms with Crippen LogP contribution in [0.3, 0.4) is 0 Å². The van der Waals surface area contributed by atoms with Crippen LogP contribution in [-0.2, 0) is 10.0 Å². The molecule has 6 nitrogen and oxygen atoms in total. The van der Waals surface area contributed by atoms with Crippen molar-refractivity contribution in [3.05, 3.63) is 102 Å². The van der Waals surface area contributed by atoms with Crippen LogP contribution in [0, 0.1) is 5.82 Å². The molecule has 1 unspecified atom stereocenters. The van der Waals surface area contributed by atoms with Gasteiger partial charge >= 0.3 is 0 Å². The summed E-state index contributed by atoms with van der Waals surface area (Å²) in [5.41, 5.74) is 3.14. The van der Waals surface area contributed by atoms with Crippen LogP contribution in [0.1, 0.15) is 11.6 Å². The van der Waals surface area contributed by atoms with Crippen molar-refractivity contribution >= 4 is 32.2 Å². The summed E-state index contributed by atoms with van der Waals surface area (Å²) in [6.07, 6.45) is 0. The van der Waals surface area contributed by atoms with Gasteiger partial charge in [0.1, 0.15) is 5.82 Å². The minimum Gasteiger partial charge on any atom is -0.378 e. The summed E-state index contributed by atoms with van der Waals surface area (Å²) in [5.74, 6) is -0.243. The third-order valence-electron chi connectivity index (χ3n) is 7.25. The van der Waals surface area contributed by atoms with E-state index in [4.69, 9.17) is 0 Å². The number of sulfonamides is 1. The fourth-order valence-electron chi connectivity index (χ4n) is 5.09. The summed E-state index contributed by atoms with van der Waals surface area (Å²) < 4.78 is 43.3. The van der Waals surface area contributed by atoms with Crippen molar-refractivity contribution in [2.45, 2.75) is 10.9 Å². The van der Waals surface area contributed by atoms with E-state index in [1.165, 1.54) is 12.1 Å². The van der Waals surface area contributed by atoms with Gasteiger partial charge in [-0.05, 0) is 53.4 Å². The van der Waals surface area contributed by atoms with Gasteiger partial charge < -0.3 is 9.80 Å². The first kappa shape index (κ1) is 26.2. The van der Waals surface area contributed by atoms with Crippen molar-refractivity contribution in [3.63, 3.8) is 0 Å². The summed E-state index contributed by atoms with van der Waals surface area (Å²) in [6, 6.07) is 27.6. The van der Waals surface area contributed by atoms with Crippen molar-refractivity contribution in [2.24, 2.45) is 0 Å². The Morgan fingerprint density at radius 1 is 0.842 bits per heavy atom. The smallest absolute Gasteiger partial charge is 0.241 e. The highest BCUT2D eigenvalue weighted by atomic mass is 32.2. The first-order valence-corrected chi connectivity index (χ1v) is 14.3. The average Bonchev–Trinajstić information content (AvgIpc) is 2.94.